The number of benzene rings is 1. The van der Waals surface area contributed by atoms with Crippen molar-refractivity contribution < 1.29 is 13.2 Å². The Morgan fingerprint density at radius 3 is 2.50 bits per heavy atom. The molecule has 2 rings (SSSR count). The molecule has 0 radical (unpaired) electrons. The lowest BCUT2D eigenvalue weighted by molar-refractivity contribution is 0.0747. The van der Waals surface area contributed by atoms with Crippen LogP contribution in [-0.2, 0) is 9.05 Å². The summed E-state index contributed by atoms with van der Waals surface area (Å²) in [5, 5.41) is -0.0858. The number of nitrogens with zero attached hydrogens (tertiary/aromatic N) is 1. The van der Waals surface area contributed by atoms with Crippen LogP contribution in [0.3, 0.4) is 0 Å². The zero-order chi connectivity index (χ0) is 15.1. The molecule has 1 unspecified atom stereocenters. The maximum atomic E-state index is 12.5. The zero-order valence-electron chi connectivity index (χ0n) is 10.6. The van der Waals surface area contributed by atoms with Crippen molar-refractivity contribution in [3.63, 3.8) is 0 Å². The van der Waals surface area contributed by atoms with E-state index < -0.39 is 9.05 Å². The van der Waals surface area contributed by atoms with Gasteiger partial charge in [0, 0.05) is 28.3 Å². The summed E-state index contributed by atoms with van der Waals surface area (Å²) < 4.78 is 22.9. The Balaban J connectivity index is 2.52. The van der Waals surface area contributed by atoms with Crippen LogP contribution in [0.15, 0.2) is 17.0 Å². The molecule has 1 saturated heterocycles. The molecule has 8 heteroatoms. The zero-order valence-corrected chi connectivity index (χ0v) is 13.7. The first-order chi connectivity index (χ1) is 9.21. The fraction of sp³-hybridized carbons (Fsp3) is 0.417. The molecule has 1 atom stereocenters. The molecule has 0 aromatic heterocycles. The number of amides is 1. The van der Waals surface area contributed by atoms with E-state index in [1.165, 1.54) is 6.07 Å². The molecular formula is C12H12Cl3NO3S. The monoisotopic (exact) mass is 355 g/mol. The normalized spacial score (nSPS) is 19.4. The summed E-state index contributed by atoms with van der Waals surface area (Å²) in [6.07, 6.45) is 1.82. The summed E-state index contributed by atoms with van der Waals surface area (Å²) in [5.41, 5.74) is 0.0622. The molecule has 0 bridgehead atoms. The van der Waals surface area contributed by atoms with E-state index in [2.05, 4.69) is 0 Å². The Labute approximate surface area is 132 Å². The van der Waals surface area contributed by atoms with Crippen molar-refractivity contribution in [2.45, 2.75) is 30.7 Å². The molecule has 1 aliphatic rings. The van der Waals surface area contributed by atoms with Gasteiger partial charge in [-0.05, 0) is 31.9 Å². The highest BCUT2D eigenvalue weighted by molar-refractivity contribution is 8.13. The van der Waals surface area contributed by atoms with Crippen LogP contribution < -0.4 is 0 Å². The summed E-state index contributed by atoms with van der Waals surface area (Å²) in [6, 6.07) is 2.59. The first-order valence-corrected chi connectivity index (χ1v) is 9.03. The third-order valence-electron chi connectivity index (χ3n) is 3.31. The summed E-state index contributed by atoms with van der Waals surface area (Å²) in [7, 11) is 1.24. The number of hydrogen-bond donors (Lipinski definition) is 0. The molecule has 0 aliphatic carbocycles. The second-order valence-corrected chi connectivity index (χ2v) is 8.04. The number of hydrogen-bond acceptors (Lipinski definition) is 3. The quantitative estimate of drug-likeness (QED) is 0.762. The van der Waals surface area contributed by atoms with Crippen LogP contribution in [-0.4, -0.2) is 31.8 Å². The van der Waals surface area contributed by atoms with Gasteiger partial charge in [0.25, 0.3) is 15.0 Å². The molecule has 1 fully saturated rings. The Hall–Kier alpha value is -0.490. The maximum Gasteiger partial charge on any atom is 0.262 e. The lowest BCUT2D eigenvalue weighted by Crippen LogP contribution is -2.33. The van der Waals surface area contributed by atoms with E-state index in [0.717, 1.165) is 18.9 Å². The van der Waals surface area contributed by atoms with Gasteiger partial charge in [-0.25, -0.2) is 8.42 Å². The lowest BCUT2D eigenvalue weighted by Gasteiger charge is -2.22. The van der Waals surface area contributed by atoms with Crippen molar-refractivity contribution in [1.82, 2.24) is 4.90 Å². The Morgan fingerprint density at radius 1 is 1.35 bits per heavy atom. The second-order valence-electron chi connectivity index (χ2n) is 4.69. The van der Waals surface area contributed by atoms with Gasteiger partial charge in [-0.15, -0.1) is 0 Å². The number of halogens is 3. The summed E-state index contributed by atoms with van der Waals surface area (Å²) in [4.78, 5) is 13.8. The standard InChI is InChI=1S/C12H12Cl3NO3S/c1-7-3-2-4-16(7)12(17)9-5-8(13)6-10(11(9)14)20(15,18)19/h5-7H,2-4H2,1H3. The van der Waals surface area contributed by atoms with Crippen molar-refractivity contribution in [2.75, 3.05) is 6.54 Å². The predicted molar refractivity (Wildman–Crippen MR) is 79.2 cm³/mol. The van der Waals surface area contributed by atoms with E-state index in [0.29, 0.717) is 6.54 Å². The van der Waals surface area contributed by atoms with Gasteiger partial charge in [-0.3, -0.25) is 4.79 Å². The van der Waals surface area contributed by atoms with E-state index in [9.17, 15) is 13.2 Å². The van der Waals surface area contributed by atoms with E-state index >= 15 is 0 Å². The average Bonchev–Trinajstić information content (AvgIpc) is 2.75. The summed E-state index contributed by atoms with van der Waals surface area (Å²) in [5.74, 6) is -0.330. The minimum absolute atomic E-state index is 0.0622. The van der Waals surface area contributed by atoms with Crippen molar-refractivity contribution in [1.29, 1.82) is 0 Å². The van der Waals surface area contributed by atoms with Crippen molar-refractivity contribution >= 4 is 48.8 Å². The van der Waals surface area contributed by atoms with E-state index in [-0.39, 0.29) is 32.5 Å². The van der Waals surface area contributed by atoms with Gasteiger partial charge in [0.05, 0.1) is 10.6 Å². The summed E-state index contributed by atoms with van der Waals surface area (Å²) >= 11 is 11.9. The molecular weight excluding hydrogens is 345 g/mol. The van der Waals surface area contributed by atoms with Crippen LogP contribution in [0.4, 0.5) is 0 Å². The molecule has 4 nitrogen and oxygen atoms in total. The van der Waals surface area contributed by atoms with Crippen LogP contribution in [0.1, 0.15) is 30.1 Å². The highest BCUT2D eigenvalue weighted by Crippen LogP contribution is 2.33. The lowest BCUT2D eigenvalue weighted by atomic mass is 10.2. The first-order valence-electron chi connectivity index (χ1n) is 5.96. The van der Waals surface area contributed by atoms with E-state index in [1.54, 1.807) is 4.90 Å². The van der Waals surface area contributed by atoms with Gasteiger partial charge in [0.2, 0.25) is 0 Å². The molecule has 0 spiro atoms. The van der Waals surface area contributed by atoms with Gasteiger partial charge in [0.15, 0.2) is 0 Å². The van der Waals surface area contributed by atoms with Crippen LogP contribution in [0.2, 0.25) is 10.0 Å². The first kappa shape index (κ1) is 15.9. The molecule has 20 heavy (non-hydrogen) atoms. The van der Waals surface area contributed by atoms with Crippen LogP contribution in [0.5, 0.6) is 0 Å². The number of rotatable bonds is 2. The van der Waals surface area contributed by atoms with Gasteiger partial charge >= 0.3 is 0 Å². The van der Waals surface area contributed by atoms with Crippen LogP contribution in [0, 0.1) is 0 Å². The highest BCUT2D eigenvalue weighted by atomic mass is 35.7. The van der Waals surface area contributed by atoms with Crippen molar-refractivity contribution in [3.05, 3.63) is 27.7 Å². The smallest absolute Gasteiger partial charge is 0.262 e. The van der Waals surface area contributed by atoms with E-state index in [1.807, 2.05) is 6.92 Å². The number of carbonyl (C=O) groups excluding carboxylic acids is 1. The fourth-order valence-electron chi connectivity index (χ4n) is 2.29. The predicted octanol–water partition coefficient (Wildman–Crippen LogP) is 3.55. The van der Waals surface area contributed by atoms with Gasteiger partial charge < -0.3 is 4.90 Å². The van der Waals surface area contributed by atoms with Crippen LogP contribution >= 0.6 is 33.9 Å². The average molecular weight is 357 g/mol. The third-order valence-corrected chi connectivity index (χ3v) is 5.39. The Bertz CT molecular complexity index is 660. The molecule has 0 saturated carbocycles. The highest BCUT2D eigenvalue weighted by Gasteiger charge is 2.29. The Kier molecular flexibility index (Phi) is 4.54. The van der Waals surface area contributed by atoms with Crippen molar-refractivity contribution in [2.24, 2.45) is 0 Å². The SMILES string of the molecule is CC1CCCN1C(=O)c1cc(Cl)cc(S(=O)(=O)Cl)c1Cl. The maximum absolute atomic E-state index is 12.5. The topological polar surface area (TPSA) is 54.5 Å². The van der Waals surface area contributed by atoms with Crippen LogP contribution in [0.25, 0.3) is 0 Å². The number of carbonyl (C=O) groups is 1. The van der Waals surface area contributed by atoms with Gasteiger partial charge in [-0.1, -0.05) is 23.2 Å². The summed E-state index contributed by atoms with van der Waals surface area (Å²) in [6.45, 7) is 2.55. The minimum atomic E-state index is -4.06. The van der Waals surface area contributed by atoms with Gasteiger partial charge in [-0.2, -0.15) is 0 Å². The van der Waals surface area contributed by atoms with Crippen molar-refractivity contribution in [3.8, 4) is 0 Å². The molecule has 110 valence electrons. The molecule has 1 heterocycles. The molecule has 1 aliphatic heterocycles. The number of likely N-dealkylation sites (tertiary alicyclic amines) is 1. The Morgan fingerprint density at radius 2 is 2.00 bits per heavy atom. The molecule has 1 amide bonds. The molecule has 0 N–H and O–H groups in total. The molecule has 1 aromatic carbocycles. The van der Waals surface area contributed by atoms with E-state index in [4.69, 9.17) is 33.9 Å². The van der Waals surface area contributed by atoms with Gasteiger partial charge in [0.1, 0.15) is 4.90 Å². The molecule has 1 aromatic rings. The third kappa shape index (κ3) is 3.06. The fourth-order valence-corrected chi connectivity index (χ4v) is 4.14. The largest absolute Gasteiger partial charge is 0.336 e. The minimum Gasteiger partial charge on any atom is -0.336 e. The second kappa shape index (κ2) is 5.72.